The minimum Gasteiger partial charge on any atom is -0.335 e. The molecule has 2 heterocycles. The van der Waals surface area contributed by atoms with E-state index in [0.29, 0.717) is 18.0 Å². The van der Waals surface area contributed by atoms with Crippen molar-refractivity contribution in [2.75, 3.05) is 13.1 Å². The van der Waals surface area contributed by atoms with E-state index in [1.54, 1.807) is 0 Å². The van der Waals surface area contributed by atoms with Crippen LogP contribution in [-0.2, 0) is 4.79 Å². The Morgan fingerprint density at radius 3 is 2.74 bits per heavy atom. The normalized spacial score (nSPS) is 44.6. The van der Waals surface area contributed by atoms with Crippen LogP contribution in [0.25, 0.3) is 0 Å². The Bertz CT molecular complexity index is 356. The molecule has 3 nitrogen and oxygen atoms in total. The predicted octanol–water partition coefficient (Wildman–Crippen LogP) is 2.17. The van der Waals surface area contributed by atoms with Crippen LogP contribution in [0.3, 0.4) is 0 Å². The van der Waals surface area contributed by atoms with Crippen LogP contribution in [0.2, 0.25) is 0 Å². The zero-order valence-electron chi connectivity index (χ0n) is 11.8. The number of rotatable bonds is 2. The first-order valence-electron chi connectivity index (χ1n) is 8.33. The Kier molecular flexibility index (Phi) is 3.06. The van der Waals surface area contributed by atoms with Crippen LogP contribution >= 0.6 is 0 Å². The van der Waals surface area contributed by atoms with Gasteiger partial charge in [-0.1, -0.05) is 6.42 Å². The molecule has 0 spiro atoms. The molecule has 1 amide bonds. The standard InChI is InChI=1S/C16H26N2O/c19-16(9-13-8-11-1-2-12(13)7-11)18-14-3-4-15(18)10-17-6-5-14/h11-15,17H,1-10H2. The highest BCUT2D eigenvalue weighted by molar-refractivity contribution is 5.77. The summed E-state index contributed by atoms with van der Waals surface area (Å²) >= 11 is 0. The van der Waals surface area contributed by atoms with Gasteiger partial charge < -0.3 is 10.2 Å². The SMILES string of the molecule is O=C(CC1CC2CCC1C2)N1C2CCNCC1CC2. The molecule has 2 aliphatic carbocycles. The maximum Gasteiger partial charge on any atom is 0.223 e. The van der Waals surface area contributed by atoms with E-state index in [4.69, 9.17) is 0 Å². The first-order chi connectivity index (χ1) is 9.31. The summed E-state index contributed by atoms with van der Waals surface area (Å²) in [7, 11) is 0. The number of nitrogens with one attached hydrogen (secondary N) is 1. The van der Waals surface area contributed by atoms with Crippen LogP contribution in [0, 0.1) is 17.8 Å². The van der Waals surface area contributed by atoms with Gasteiger partial charge >= 0.3 is 0 Å². The number of hydrogen-bond donors (Lipinski definition) is 1. The second-order valence-corrected chi connectivity index (χ2v) is 7.32. The molecule has 106 valence electrons. The van der Waals surface area contributed by atoms with Crippen molar-refractivity contribution in [3.05, 3.63) is 0 Å². The molecule has 5 unspecified atom stereocenters. The molecule has 5 atom stereocenters. The maximum absolute atomic E-state index is 12.7. The monoisotopic (exact) mass is 262 g/mol. The molecule has 2 saturated heterocycles. The summed E-state index contributed by atoms with van der Waals surface area (Å²) in [5, 5.41) is 3.49. The molecule has 0 radical (unpaired) electrons. The fraction of sp³-hybridized carbons (Fsp3) is 0.938. The highest BCUT2D eigenvalue weighted by Crippen LogP contribution is 2.50. The van der Waals surface area contributed by atoms with Gasteiger partial charge in [-0.2, -0.15) is 0 Å². The molecule has 2 saturated carbocycles. The van der Waals surface area contributed by atoms with Crippen molar-refractivity contribution in [2.24, 2.45) is 17.8 Å². The third-order valence-corrected chi connectivity index (χ3v) is 6.26. The molecule has 3 heteroatoms. The number of carbonyl (C=O) groups is 1. The predicted molar refractivity (Wildman–Crippen MR) is 74.7 cm³/mol. The molecular formula is C16H26N2O. The van der Waals surface area contributed by atoms with Gasteiger partial charge in [-0.25, -0.2) is 0 Å². The lowest BCUT2D eigenvalue weighted by Crippen LogP contribution is -2.43. The fourth-order valence-electron chi connectivity index (χ4n) is 5.35. The van der Waals surface area contributed by atoms with Gasteiger partial charge in [0.1, 0.15) is 0 Å². The van der Waals surface area contributed by atoms with Crippen LogP contribution < -0.4 is 5.32 Å². The number of nitrogens with zero attached hydrogens (tertiary/aromatic N) is 1. The topological polar surface area (TPSA) is 32.3 Å². The van der Waals surface area contributed by atoms with Crippen molar-refractivity contribution in [2.45, 2.75) is 63.5 Å². The lowest BCUT2D eigenvalue weighted by atomic mass is 9.86. The van der Waals surface area contributed by atoms with Crippen LogP contribution in [0.15, 0.2) is 0 Å². The minimum absolute atomic E-state index is 0.480. The molecule has 2 aliphatic heterocycles. The van der Waals surface area contributed by atoms with E-state index in [1.807, 2.05) is 0 Å². The van der Waals surface area contributed by atoms with Crippen molar-refractivity contribution >= 4 is 5.91 Å². The zero-order valence-corrected chi connectivity index (χ0v) is 11.8. The van der Waals surface area contributed by atoms with Gasteiger partial charge in [0.15, 0.2) is 0 Å². The quantitative estimate of drug-likeness (QED) is 0.827. The second-order valence-electron chi connectivity index (χ2n) is 7.32. The fourth-order valence-corrected chi connectivity index (χ4v) is 5.35. The third kappa shape index (κ3) is 2.10. The van der Waals surface area contributed by atoms with Crippen LogP contribution in [-0.4, -0.2) is 36.0 Å². The van der Waals surface area contributed by atoms with E-state index in [1.165, 1.54) is 44.9 Å². The number of fused-ring (bicyclic) bond motifs is 4. The lowest BCUT2D eigenvalue weighted by molar-refractivity contribution is -0.135. The van der Waals surface area contributed by atoms with Crippen molar-refractivity contribution in [3.8, 4) is 0 Å². The molecule has 19 heavy (non-hydrogen) atoms. The molecular weight excluding hydrogens is 236 g/mol. The molecule has 4 bridgehead atoms. The summed E-state index contributed by atoms with van der Waals surface area (Å²) in [6.45, 7) is 2.12. The third-order valence-electron chi connectivity index (χ3n) is 6.26. The Hall–Kier alpha value is -0.570. The Balaban J connectivity index is 1.42. The van der Waals surface area contributed by atoms with Gasteiger partial charge in [-0.05, 0) is 62.8 Å². The molecule has 0 aromatic heterocycles. The van der Waals surface area contributed by atoms with Gasteiger partial charge in [0.05, 0.1) is 0 Å². The van der Waals surface area contributed by atoms with E-state index in [9.17, 15) is 4.79 Å². The second kappa shape index (κ2) is 4.76. The molecule has 1 N–H and O–H groups in total. The van der Waals surface area contributed by atoms with Gasteiger partial charge in [-0.15, -0.1) is 0 Å². The van der Waals surface area contributed by atoms with Crippen LogP contribution in [0.1, 0.15) is 51.4 Å². The smallest absolute Gasteiger partial charge is 0.223 e. The average Bonchev–Trinajstić information content (AvgIpc) is 3.02. The molecule has 0 aromatic rings. The molecule has 4 fully saturated rings. The Labute approximate surface area is 116 Å². The van der Waals surface area contributed by atoms with Crippen molar-refractivity contribution in [1.29, 1.82) is 0 Å². The largest absolute Gasteiger partial charge is 0.335 e. The highest BCUT2D eigenvalue weighted by Gasteiger charge is 2.43. The average molecular weight is 262 g/mol. The summed E-state index contributed by atoms with van der Waals surface area (Å²) in [4.78, 5) is 15.0. The summed E-state index contributed by atoms with van der Waals surface area (Å²) in [5.41, 5.74) is 0. The molecule has 0 aromatic carbocycles. The summed E-state index contributed by atoms with van der Waals surface area (Å²) in [5.74, 6) is 3.05. The number of hydrogen-bond acceptors (Lipinski definition) is 2. The van der Waals surface area contributed by atoms with Gasteiger partial charge in [-0.3, -0.25) is 4.79 Å². The molecule has 4 aliphatic rings. The van der Waals surface area contributed by atoms with Gasteiger partial charge in [0.2, 0.25) is 5.91 Å². The lowest BCUT2D eigenvalue weighted by Gasteiger charge is -2.30. The van der Waals surface area contributed by atoms with E-state index in [2.05, 4.69) is 10.2 Å². The number of carbonyl (C=O) groups excluding carboxylic acids is 1. The van der Waals surface area contributed by atoms with Crippen LogP contribution in [0.4, 0.5) is 0 Å². The number of amides is 1. The van der Waals surface area contributed by atoms with E-state index >= 15 is 0 Å². The van der Waals surface area contributed by atoms with Crippen molar-refractivity contribution < 1.29 is 4.79 Å². The highest BCUT2D eigenvalue weighted by atomic mass is 16.2. The van der Waals surface area contributed by atoms with Crippen molar-refractivity contribution in [1.82, 2.24) is 10.2 Å². The Morgan fingerprint density at radius 2 is 1.95 bits per heavy atom. The van der Waals surface area contributed by atoms with E-state index in [-0.39, 0.29) is 0 Å². The zero-order chi connectivity index (χ0) is 12.8. The maximum atomic E-state index is 12.7. The summed E-state index contributed by atoms with van der Waals surface area (Å²) in [6.07, 6.45) is 10.1. The first-order valence-corrected chi connectivity index (χ1v) is 8.33. The van der Waals surface area contributed by atoms with E-state index < -0.39 is 0 Å². The van der Waals surface area contributed by atoms with Gasteiger partial charge in [0, 0.05) is 25.0 Å². The molecule has 4 rings (SSSR count). The van der Waals surface area contributed by atoms with Gasteiger partial charge in [0.25, 0.3) is 0 Å². The van der Waals surface area contributed by atoms with Crippen molar-refractivity contribution in [3.63, 3.8) is 0 Å². The minimum atomic E-state index is 0.480. The van der Waals surface area contributed by atoms with E-state index in [0.717, 1.165) is 37.3 Å². The first kappa shape index (κ1) is 12.2. The summed E-state index contributed by atoms with van der Waals surface area (Å²) < 4.78 is 0. The van der Waals surface area contributed by atoms with Crippen LogP contribution in [0.5, 0.6) is 0 Å². The summed E-state index contributed by atoms with van der Waals surface area (Å²) in [6, 6.07) is 1.05. The Morgan fingerprint density at radius 1 is 1.05 bits per heavy atom.